The molecule has 0 aromatic carbocycles. The molecule has 5 heteroatoms. The summed E-state index contributed by atoms with van der Waals surface area (Å²) in [6.45, 7) is 4.63. The molecule has 2 saturated carbocycles. The molecule has 0 radical (unpaired) electrons. The minimum atomic E-state index is -0.600. The molecule has 1 saturated heterocycles. The minimum absolute atomic E-state index is 0.348. The molecule has 2 atom stereocenters. The van der Waals surface area contributed by atoms with Gasteiger partial charge in [-0.2, -0.15) is 0 Å². The van der Waals surface area contributed by atoms with Gasteiger partial charge in [-0.1, -0.05) is 30.3 Å². The number of hydrogen-bond donors (Lipinski definition) is 0. The van der Waals surface area contributed by atoms with E-state index in [1.165, 1.54) is 6.08 Å². The average molecular weight is 475 g/mol. The molecular formula is C28H39FO3S. The Labute approximate surface area is 204 Å². The predicted octanol–water partition coefficient (Wildman–Crippen LogP) is 6.26. The highest BCUT2D eigenvalue weighted by Gasteiger charge is 2.25. The number of rotatable bonds is 8. The van der Waals surface area contributed by atoms with Crippen LogP contribution in [-0.4, -0.2) is 42.0 Å². The van der Waals surface area contributed by atoms with Gasteiger partial charge in [-0.15, -0.1) is 11.8 Å². The Hall–Kier alpha value is -1.43. The number of ether oxygens (including phenoxy) is 2. The minimum Gasteiger partial charge on any atom is -0.463 e. The maximum Gasteiger partial charge on any atom is 0.330 e. The van der Waals surface area contributed by atoms with Crippen LogP contribution in [0.1, 0.15) is 83.5 Å². The molecule has 0 N–H and O–H groups in total. The molecule has 182 valence electrons. The predicted molar refractivity (Wildman–Crippen MR) is 134 cm³/mol. The third kappa shape index (κ3) is 10.2. The van der Waals surface area contributed by atoms with E-state index in [0.29, 0.717) is 47.9 Å². The van der Waals surface area contributed by atoms with Crippen LogP contribution in [0.4, 0.5) is 4.39 Å². The van der Waals surface area contributed by atoms with Gasteiger partial charge in [-0.3, -0.25) is 0 Å². The van der Waals surface area contributed by atoms with Gasteiger partial charge in [-0.05, 0) is 83.5 Å². The van der Waals surface area contributed by atoms with Crippen LogP contribution >= 0.6 is 11.8 Å². The summed E-state index contributed by atoms with van der Waals surface area (Å²) in [7, 11) is 0. The fraction of sp³-hybridized carbons (Fsp3) is 0.750. The smallest absolute Gasteiger partial charge is 0.330 e. The van der Waals surface area contributed by atoms with Crippen LogP contribution in [0.15, 0.2) is 12.7 Å². The lowest BCUT2D eigenvalue weighted by atomic mass is 9.87. The lowest BCUT2D eigenvalue weighted by molar-refractivity contribution is -0.137. The zero-order valence-corrected chi connectivity index (χ0v) is 20.7. The average Bonchev–Trinajstić information content (AvgIpc) is 3.30. The lowest BCUT2D eigenvalue weighted by Crippen LogP contribution is -2.21. The molecule has 2 aliphatic carbocycles. The maximum absolute atomic E-state index is 13.3. The highest BCUT2D eigenvalue weighted by Crippen LogP contribution is 2.34. The monoisotopic (exact) mass is 474 g/mol. The largest absolute Gasteiger partial charge is 0.463 e. The number of unbranched alkanes of at least 4 members (excludes halogenated alkanes) is 2. The van der Waals surface area contributed by atoms with E-state index in [0.717, 1.165) is 77.2 Å². The number of halogens is 1. The van der Waals surface area contributed by atoms with Crippen molar-refractivity contribution in [3.05, 3.63) is 12.7 Å². The summed E-state index contributed by atoms with van der Waals surface area (Å²) in [5, 5.41) is 0.830. The van der Waals surface area contributed by atoms with Crippen LogP contribution in [0.3, 0.4) is 0 Å². The van der Waals surface area contributed by atoms with Crippen molar-refractivity contribution in [1.82, 2.24) is 0 Å². The Morgan fingerprint density at radius 1 is 0.818 bits per heavy atom. The van der Waals surface area contributed by atoms with Crippen molar-refractivity contribution in [2.75, 3.05) is 13.2 Å². The van der Waals surface area contributed by atoms with Crippen molar-refractivity contribution < 1.29 is 18.7 Å². The fourth-order valence-electron chi connectivity index (χ4n) is 4.70. The summed E-state index contributed by atoms with van der Waals surface area (Å²) in [6.07, 6.45) is 13.8. The van der Waals surface area contributed by atoms with E-state index < -0.39 is 6.17 Å². The number of carbonyl (C=O) groups excluding carboxylic acids is 1. The van der Waals surface area contributed by atoms with Crippen molar-refractivity contribution in [1.29, 1.82) is 0 Å². The summed E-state index contributed by atoms with van der Waals surface area (Å²) >= 11 is 1.93. The number of alkyl halides is 1. The molecule has 0 bridgehead atoms. The molecule has 33 heavy (non-hydrogen) atoms. The molecular weight excluding hydrogens is 435 g/mol. The Morgan fingerprint density at radius 2 is 1.39 bits per heavy atom. The van der Waals surface area contributed by atoms with Crippen LogP contribution in [-0.2, 0) is 14.3 Å². The summed E-state index contributed by atoms with van der Waals surface area (Å²) in [5.74, 6) is 14.5. The third-order valence-electron chi connectivity index (χ3n) is 6.80. The summed E-state index contributed by atoms with van der Waals surface area (Å²) in [5.41, 5.74) is 0. The second kappa shape index (κ2) is 14.7. The van der Waals surface area contributed by atoms with Crippen molar-refractivity contribution in [3.63, 3.8) is 0 Å². The lowest BCUT2D eigenvalue weighted by Gasteiger charge is -2.26. The quantitative estimate of drug-likeness (QED) is 0.180. The van der Waals surface area contributed by atoms with Gasteiger partial charge in [0.25, 0.3) is 0 Å². The van der Waals surface area contributed by atoms with Crippen LogP contribution in [0.25, 0.3) is 0 Å². The van der Waals surface area contributed by atoms with Crippen molar-refractivity contribution in [3.8, 4) is 23.7 Å². The first kappa shape index (κ1) is 26.2. The maximum atomic E-state index is 13.3. The SMILES string of the molecule is C=CC(=O)OCCCCCOC1CCC(C#CC2CCC(C#CC3CCC(F)CC3)S2)CC1. The summed E-state index contributed by atoms with van der Waals surface area (Å²) in [6, 6.07) is 0. The van der Waals surface area contributed by atoms with Crippen LogP contribution in [0.2, 0.25) is 0 Å². The van der Waals surface area contributed by atoms with E-state index in [4.69, 9.17) is 9.47 Å². The molecule has 0 amide bonds. The first-order valence-electron chi connectivity index (χ1n) is 12.8. The first-order valence-corrected chi connectivity index (χ1v) is 13.8. The molecule has 1 heterocycles. The topological polar surface area (TPSA) is 35.5 Å². The molecule has 0 aromatic heterocycles. The molecule has 0 aromatic rings. The van der Waals surface area contributed by atoms with Crippen molar-refractivity contribution in [2.45, 2.75) is 106 Å². The summed E-state index contributed by atoms with van der Waals surface area (Å²) < 4.78 is 24.3. The van der Waals surface area contributed by atoms with Crippen molar-refractivity contribution in [2.24, 2.45) is 11.8 Å². The van der Waals surface area contributed by atoms with E-state index in [9.17, 15) is 9.18 Å². The number of esters is 1. The molecule has 1 aliphatic heterocycles. The highest BCUT2D eigenvalue weighted by molar-refractivity contribution is 8.01. The van der Waals surface area contributed by atoms with Crippen LogP contribution in [0.5, 0.6) is 0 Å². The molecule has 3 rings (SSSR count). The van der Waals surface area contributed by atoms with Crippen LogP contribution < -0.4 is 0 Å². The second-order valence-corrected chi connectivity index (χ2v) is 10.9. The van der Waals surface area contributed by atoms with Gasteiger partial charge in [0, 0.05) is 24.5 Å². The van der Waals surface area contributed by atoms with Gasteiger partial charge in [0.15, 0.2) is 0 Å². The Bertz CT molecular complexity index is 730. The highest BCUT2D eigenvalue weighted by atomic mass is 32.2. The van der Waals surface area contributed by atoms with Crippen LogP contribution in [0, 0.1) is 35.5 Å². The molecule has 2 unspecified atom stereocenters. The van der Waals surface area contributed by atoms with Gasteiger partial charge in [0.1, 0.15) is 6.17 Å². The van der Waals surface area contributed by atoms with E-state index in [1.807, 2.05) is 11.8 Å². The Balaban J connectivity index is 1.24. The second-order valence-electron chi connectivity index (χ2n) is 9.49. The Morgan fingerprint density at radius 3 is 2.00 bits per heavy atom. The van der Waals surface area contributed by atoms with E-state index >= 15 is 0 Å². The standard InChI is InChI=1S/C28H39FO3S/c1-2-28(30)32-21-5-3-4-20-31-25-14-8-23(9-15-25)11-17-27-19-18-26(33-27)16-10-22-6-12-24(29)13-7-22/h2,22-27H,1,3-9,12-15,18-21H2. The molecule has 3 fully saturated rings. The zero-order valence-electron chi connectivity index (χ0n) is 19.9. The fourth-order valence-corrected chi connectivity index (χ4v) is 5.92. The molecule has 3 aliphatic rings. The number of thioether (sulfide) groups is 1. The Kier molecular flexibility index (Phi) is 11.7. The normalized spacial score (nSPS) is 31.5. The van der Waals surface area contributed by atoms with Gasteiger partial charge >= 0.3 is 5.97 Å². The van der Waals surface area contributed by atoms with Crippen molar-refractivity contribution >= 4 is 17.7 Å². The van der Waals surface area contributed by atoms with Gasteiger partial charge < -0.3 is 9.47 Å². The molecule has 3 nitrogen and oxygen atoms in total. The zero-order chi connectivity index (χ0) is 23.3. The van der Waals surface area contributed by atoms with Gasteiger partial charge in [0.2, 0.25) is 0 Å². The first-order chi connectivity index (χ1) is 16.1. The number of hydrogen-bond acceptors (Lipinski definition) is 4. The summed E-state index contributed by atoms with van der Waals surface area (Å²) in [4.78, 5) is 11.0. The van der Waals surface area contributed by atoms with E-state index in [2.05, 4.69) is 30.3 Å². The number of carbonyl (C=O) groups is 1. The van der Waals surface area contributed by atoms with E-state index in [-0.39, 0.29) is 5.97 Å². The van der Waals surface area contributed by atoms with E-state index in [1.54, 1.807) is 0 Å². The third-order valence-corrected chi connectivity index (χ3v) is 8.16. The molecule has 0 spiro atoms. The van der Waals surface area contributed by atoms with Gasteiger partial charge in [0.05, 0.1) is 23.2 Å². The van der Waals surface area contributed by atoms with Gasteiger partial charge in [-0.25, -0.2) is 9.18 Å².